The van der Waals surface area contributed by atoms with Crippen LogP contribution in [0.25, 0.3) is 5.69 Å². The first kappa shape index (κ1) is 29.5. The maximum Gasteiger partial charge on any atom is 0.322 e. The van der Waals surface area contributed by atoms with Gasteiger partial charge in [0, 0.05) is 43.3 Å². The van der Waals surface area contributed by atoms with E-state index in [2.05, 4.69) is 15.6 Å². The molecule has 2 aromatic carbocycles. The summed E-state index contributed by atoms with van der Waals surface area (Å²) in [7, 11) is 1.50. The molecule has 0 saturated heterocycles. The molecule has 0 bridgehead atoms. The van der Waals surface area contributed by atoms with Gasteiger partial charge >= 0.3 is 6.03 Å². The number of ether oxygens (including phenoxy) is 1. The van der Waals surface area contributed by atoms with Crippen molar-refractivity contribution in [1.29, 1.82) is 0 Å². The number of allylic oxidation sites excluding steroid dienone is 1. The van der Waals surface area contributed by atoms with Gasteiger partial charge in [-0.25, -0.2) is 18.6 Å². The zero-order chi connectivity index (χ0) is 30.5. The van der Waals surface area contributed by atoms with Crippen molar-refractivity contribution in [3.05, 3.63) is 111 Å². The fourth-order valence-corrected chi connectivity index (χ4v) is 5.10. The van der Waals surface area contributed by atoms with Gasteiger partial charge in [0.25, 0.3) is 11.5 Å². The number of pyridine rings is 2. The third-order valence-electron chi connectivity index (χ3n) is 6.34. The van der Waals surface area contributed by atoms with E-state index in [4.69, 9.17) is 9.84 Å². The Hall–Kier alpha value is -5.01. The SMILES string of the molecule is CN(CCO)C(=O)Nc1cc(Oc2ccc(NC(=O)c3cc4c(n(-c5ccc(F)cc5)c3=O)SC=CC4)cc2F)ccn1. The molecule has 5 rings (SSSR count). The number of aliphatic hydroxyl groups excluding tert-OH is 1. The Labute approximate surface area is 248 Å². The number of hydrogen-bond acceptors (Lipinski definition) is 7. The molecule has 0 atom stereocenters. The lowest BCUT2D eigenvalue weighted by Crippen LogP contribution is -2.33. The minimum absolute atomic E-state index is 0.0872. The first-order valence-corrected chi connectivity index (χ1v) is 13.9. The third-order valence-corrected chi connectivity index (χ3v) is 7.34. The number of hydrogen-bond donors (Lipinski definition) is 3. The van der Waals surface area contributed by atoms with Crippen molar-refractivity contribution in [1.82, 2.24) is 14.5 Å². The molecule has 4 aromatic rings. The van der Waals surface area contributed by atoms with Crippen LogP contribution in [0, 0.1) is 11.6 Å². The summed E-state index contributed by atoms with van der Waals surface area (Å²) in [6.45, 7) is -0.0717. The zero-order valence-electron chi connectivity index (χ0n) is 22.7. The average Bonchev–Trinajstić information content (AvgIpc) is 2.99. The van der Waals surface area contributed by atoms with Crippen molar-refractivity contribution in [3.63, 3.8) is 0 Å². The van der Waals surface area contributed by atoms with E-state index in [1.165, 1.54) is 89.1 Å². The molecule has 3 amide bonds. The van der Waals surface area contributed by atoms with Crippen LogP contribution in [0.15, 0.2) is 88.2 Å². The summed E-state index contributed by atoms with van der Waals surface area (Å²) in [5.74, 6) is -1.81. The van der Waals surface area contributed by atoms with Crippen molar-refractivity contribution in [2.75, 3.05) is 30.8 Å². The summed E-state index contributed by atoms with van der Waals surface area (Å²) < 4.78 is 35.6. The number of amides is 3. The standard InChI is InChI=1S/C30H25F2N5O5S/c1-36(12-13-38)30(41)35-26-17-22(10-11-33-26)42-25-9-6-20(16-24(25)32)34-27(39)23-15-18-3-2-14-43-29(18)37(28(23)40)21-7-4-19(31)5-8-21/h2,4-11,14-17,38H,3,12-13H2,1H3,(H,34,39)(H,33,35,41). The minimum atomic E-state index is -0.793. The van der Waals surface area contributed by atoms with Crippen molar-refractivity contribution in [2.45, 2.75) is 11.4 Å². The lowest BCUT2D eigenvalue weighted by Gasteiger charge is -2.19. The second-order valence-corrected chi connectivity index (χ2v) is 10.2. The van der Waals surface area contributed by atoms with E-state index >= 15 is 4.39 Å². The number of likely N-dealkylation sites (N-methyl/N-ethyl adjacent to an activating group) is 1. The zero-order valence-corrected chi connectivity index (χ0v) is 23.5. The molecule has 1 aliphatic heterocycles. The number of urea groups is 1. The summed E-state index contributed by atoms with van der Waals surface area (Å²) in [6, 6.07) is 13.0. The van der Waals surface area contributed by atoms with Crippen LogP contribution < -0.4 is 20.9 Å². The number of benzene rings is 2. The second-order valence-electron chi connectivity index (χ2n) is 9.35. The van der Waals surface area contributed by atoms with Crippen LogP contribution >= 0.6 is 11.8 Å². The Morgan fingerprint density at radius 3 is 2.63 bits per heavy atom. The number of rotatable bonds is 8. The van der Waals surface area contributed by atoms with Gasteiger partial charge in [0.1, 0.15) is 22.9 Å². The number of carbonyl (C=O) groups excluding carboxylic acids is 2. The van der Waals surface area contributed by atoms with E-state index in [9.17, 15) is 18.8 Å². The Bertz CT molecular complexity index is 1780. The van der Waals surface area contributed by atoms with Crippen molar-refractivity contribution in [3.8, 4) is 17.2 Å². The number of nitrogens with one attached hydrogen (secondary N) is 2. The molecule has 220 valence electrons. The summed E-state index contributed by atoms with van der Waals surface area (Å²) >= 11 is 1.32. The number of thioether (sulfide) groups is 1. The third kappa shape index (κ3) is 6.74. The Kier molecular flexibility index (Phi) is 8.83. The van der Waals surface area contributed by atoms with Gasteiger partial charge in [-0.15, -0.1) is 0 Å². The first-order valence-electron chi connectivity index (χ1n) is 13.0. The maximum absolute atomic E-state index is 15.0. The van der Waals surface area contributed by atoms with E-state index in [0.29, 0.717) is 17.1 Å². The monoisotopic (exact) mass is 605 g/mol. The topological polar surface area (TPSA) is 126 Å². The Morgan fingerprint density at radius 2 is 1.88 bits per heavy atom. The van der Waals surface area contributed by atoms with Gasteiger partial charge in [-0.1, -0.05) is 17.8 Å². The molecule has 0 unspecified atom stereocenters. The van der Waals surface area contributed by atoms with Crippen LogP contribution in [-0.2, 0) is 6.42 Å². The number of nitrogens with zero attached hydrogens (tertiary/aromatic N) is 3. The summed E-state index contributed by atoms with van der Waals surface area (Å²) in [4.78, 5) is 44.2. The highest BCUT2D eigenvalue weighted by Crippen LogP contribution is 2.31. The largest absolute Gasteiger partial charge is 0.454 e. The molecule has 3 heterocycles. The van der Waals surface area contributed by atoms with Crippen LogP contribution in [0.3, 0.4) is 0 Å². The first-order chi connectivity index (χ1) is 20.7. The summed E-state index contributed by atoms with van der Waals surface area (Å²) in [6.07, 6.45) is 3.76. The number of aliphatic hydroxyl groups is 1. The van der Waals surface area contributed by atoms with Crippen molar-refractivity contribution in [2.24, 2.45) is 0 Å². The fourth-order valence-electron chi connectivity index (χ4n) is 4.19. The highest BCUT2D eigenvalue weighted by Gasteiger charge is 2.22. The van der Waals surface area contributed by atoms with E-state index in [-0.39, 0.29) is 41.7 Å². The van der Waals surface area contributed by atoms with E-state index in [1.54, 1.807) is 0 Å². The molecule has 13 heteroatoms. The second kappa shape index (κ2) is 12.9. The minimum Gasteiger partial charge on any atom is -0.454 e. The van der Waals surface area contributed by atoms with Gasteiger partial charge in [0.15, 0.2) is 11.6 Å². The molecule has 0 saturated carbocycles. The van der Waals surface area contributed by atoms with Crippen LogP contribution in [0.5, 0.6) is 11.5 Å². The highest BCUT2D eigenvalue weighted by atomic mass is 32.2. The van der Waals surface area contributed by atoms with Crippen molar-refractivity contribution >= 4 is 35.2 Å². The smallest absolute Gasteiger partial charge is 0.322 e. The number of fused-ring (bicyclic) bond motifs is 1. The van der Waals surface area contributed by atoms with E-state index < -0.39 is 29.1 Å². The maximum atomic E-state index is 15.0. The fraction of sp³-hybridized carbons (Fsp3) is 0.133. The number of anilines is 2. The molecule has 10 nitrogen and oxygen atoms in total. The lowest BCUT2D eigenvalue weighted by atomic mass is 10.1. The molecule has 0 radical (unpaired) electrons. The number of carbonyl (C=O) groups is 2. The molecule has 2 aromatic heterocycles. The molecule has 0 fully saturated rings. The predicted molar refractivity (Wildman–Crippen MR) is 158 cm³/mol. The quantitative estimate of drug-likeness (QED) is 0.253. The summed E-state index contributed by atoms with van der Waals surface area (Å²) in [5, 5.41) is 16.6. The Balaban J connectivity index is 1.34. The Morgan fingerprint density at radius 1 is 1.09 bits per heavy atom. The average molecular weight is 606 g/mol. The molecule has 3 N–H and O–H groups in total. The molecular weight excluding hydrogens is 580 g/mol. The van der Waals surface area contributed by atoms with E-state index in [1.807, 2.05) is 11.5 Å². The van der Waals surface area contributed by atoms with Gasteiger partial charge in [-0.2, -0.15) is 0 Å². The van der Waals surface area contributed by atoms with Gasteiger partial charge in [0.05, 0.1) is 11.6 Å². The molecular formula is C30H25F2N5O5S. The van der Waals surface area contributed by atoms with Crippen LogP contribution in [-0.4, -0.2) is 51.7 Å². The van der Waals surface area contributed by atoms with Gasteiger partial charge in [-0.3, -0.25) is 19.5 Å². The molecule has 1 aliphatic rings. The van der Waals surface area contributed by atoms with Gasteiger partial charge in [-0.05, 0) is 65.9 Å². The lowest BCUT2D eigenvalue weighted by molar-refractivity contribution is 0.102. The van der Waals surface area contributed by atoms with Crippen LogP contribution in [0.4, 0.5) is 25.1 Å². The van der Waals surface area contributed by atoms with Gasteiger partial charge in [0.2, 0.25) is 0 Å². The number of halogens is 2. The molecule has 0 spiro atoms. The number of aromatic nitrogens is 2. The predicted octanol–water partition coefficient (Wildman–Crippen LogP) is 5.17. The van der Waals surface area contributed by atoms with Gasteiger partial charge < -0.3 is 20.1 Å². The normalized spacial score (nSPS) is 11.9. The molecule has 0 aliphatic carbocycles. The molecule has 43 heavy (non-hydrogen) atoms. The highest BCUT2D eigenvalue weighted by molar-refractivity contribution is 8.02. The van der Waals surface area contributed by atoms with Crippen molar-refractivity contribution < 1.29 is 28.2 Å². The van der Waals surface area contributed by atoms with E-state index in [0.717, 1.165) is 11.6 Å². The van der Waals surface area contributed by atoms with Crippen LogP contribution in [0.1, 0.15) is 15.9 Å². The van der Waals surface area contributed by atoms with Crippen LogP contribution in [0.2, 0.25) is 0 Å². The summed E-state index contributed by atoms with van der Waals surface area (Å²) in [5.41, 5.74) is 0.474.